The van der Waals surface area contributed by atoms with Crippen molar-refractivity contribution in [2.45, 2.75) is 22.8 Å². The van der Waals surface area contributed by atoms with Gasteiger partial charge in [-0.05, 0) is 48.9 Å². The molecule has 0 heterocycles. The Kier molecular flexibility index (Phi) is 6.31. The summed E-state index contributed by atoms with van der Waals surface area (Å²) in [6.07, 6.45) is 0. The van der Waals surface area contributed by atoms with E-state index in [-0.39, 0.29) is 9.79 Å². The third-order valence-corrected chi connectivity index (χ3v) is 6.95. The minimum absolute atomic E-state index is 0.0128. The number of rotatable bonds is 6. The number of halogens is 1. The van der Waals surface area contributed by atoms with Gasteiger partial charge in [0.2, 0.25) is 15.9 Å². The van der Waals surface area contributed by atoms with E-state index in [0.717, 1.165) is 0 Å². The minimum atomic E-state index is -3.81. The van der Waals surface area contributed by atoms with Crippen LogP contribution >= 0.6 is 11.6 Å². The molecule has 1 atom stereocenters. The molecule has 146 valence electrons. The summed E-state index contributed by atoms with van der Waals surface area (Å²) in [6, 6.07) is 10.8. The number of carbonyl (C=O) groups excluding carboxylic acids is 1. The quantitative estimate of drug-likeness (QED) is 0.752. The van der Waals surface area contributed by atoms with Gasteiger partial charge in [-0.3, -0.25) is 4.79 Å². The number of amides is 1. The molecule has 0 aliphatic rings. The number of hydrogen-bond acceptors (Lipinski definition) is 5. The van der Waals surface area contributed by atoms with Crippen molar-refractivity contribution in [3.63, 3.8) is 0 Å². The molecule has 0 fully saturated rings. The number of carbonyl (C=O) groups is 1. The molecule has 0 spiro atoms. The summed E-state index contributed by atoms with van der Waals surface area (Å²) in [5.41, 5.74) is 0.641. The van der Waals surface area contributed by atoms with Crippen LogP contribution in [0.5, 0.6) is 0 Å². The summed E-state index contributed by atoms with van der Waals surface area (Å²) in [6.45, 7) is 1.71. The van der Waals surface area contributed by atoms with Gasteiger partial charge in [0.15, 0.2) is 9.84 Å². The fraction of sp³-hybridized carbons (Fsp3) is 0.235. The largest absolute Gasteiger partial charge is 0.338 e. The van der Waals surface area contributed by atoms with E-state index >= 15 is 0 Å². The average Bonchev–Trinajstić information content (AvgIpc) is 2.59. The second-order valence-electron chi connectivity index (χ2n) is 6.01. The van der Waals surface area contributed by atoms with Crippen LogP contribution in [0.25, 0.3) is 0 Å². The molecule has 0 radical (unpaired) electrons. The zero-order chi connectivity index (χ0) is 20.4. The number of benzene rings is 2. The van der Waals surface area contributed by atoms with Crippen LogP contribution in [-0.2, 0) is 24.7 Å². The van der Waals surface area contributed by atoms with Crippen LogP contribution < -0.4 is 5.14 Å². The summed E-state index contributed by atoms with van der Waals surface area (Å²) in [4.78, 5) is 13.7. The van der Waals surface area contributed by atoms with Crippen LogP contribution in [0.15, 0.2) is 58.3 Å². The van der Waals surface area contributed by atoms with E-state index < -0.39 is 37.6 Å². The molecule has 0 aliphatic carbocycles. The number of primary sulfonamides is 1. The zero-order valence-corrected chi connectivity index (χ0v) is 17.1. The summed E-state index contributed by atoms with van der Waals surface area (Å²) >= 11 is 5.75. The monoisotopic (exact) mass is 430 g/mol. The highest BCUT2D eigenvalue weighted by molar-refractivity contribution is 7.92. The highest BCUT2D eigenvalue weighted by atomic mass is 35.5. The lowest BCUT2D eigenvalue weighted by Gasteiger charge is -2.25. The van der Waals surface area contributed by atoms with Crippen LogP contribution in [0.4, 0.5) is 0 Å². The first-order valence-corrected chi connectivity index (χ1v) is 11.4. The molecule has 0 aromatic heterocycles. The zero-order valence-electron chi connectivity index (χ0n) is 14.7. The molecule has 10 heteroatoms. The predicted molar refractivity (Wildman–Crippen MR) is 103 cm³/mol. The highest BCUT2D eigenvalue weighted by Gasteiger charge is 2.25. The number of sulfone groups is 1. The maximum atomic E-state index is 12.4. The Labute approximate surface area is 163 Å². The molecule has 7 nitrogen and oxygen atoms in total. The third kappa shape index (κ3) is 5.29. The van der Waals surface area contributed by atoms with Gasteiger partial charge in [0.25, 0.3) is 0 Å². The first-order chi connectivity index (χ1) is 12.4. The Morgan fingerprint density at radius 2 is 1.48 bits per heavy atom. The fourth-order valence-electron chi connectivity index (χ4n) is 2.37. The van der Waals surface area contributed by atoms with Crippen molar-refractivity contribution < 1.29 is 21.6 Å². The summed E-state index contributed by atoms with van der Waals surface area (Å²) < 4.78 is 47.4. The van der Waals surface area contributed by atoms with Crippen molar-refractivity contribution in [3.05, 3.63) is 59.1 Å². The lowest BCUT2D eigenvalue weighted by molar-refractivity contribution is -0.129. The average molecular weight is 431 g/mol. The second-order valence-corrected chi connectivity index (χ2v) is 10.00. The summed E-state index contributed by atoms with van der Waals surface area (Å²) in [5.74, 6) is -1.28. The Balaban J connectivity index is 2.15. The highest BCUT2D eigenvalue weighted by Crippen LogP contribution is 2.22. The maximum Gasteiger partial charge on any atom is 0.238 e. The van der Waals surface area contributed by atoms with Crippen molar-refractivity contribution in [3.8, 4) is 0 Å². The SMILES string of the molecule is CC(c1ccc(S(N)(=O)=O)cc1)N(C)C(=O)CS(=O)(=O)c1ccc(Cl)cc1. The van der Waals surface area contributed by atoms with E-state index in [1.807, 2.05) is 0 Å². The van der Waals surface area contributed by atoms with Gasteiger partial charge in [-0.15, -0.1) is 0 Å². The molecule has 2 aromatic carbocycles. The van der Waals surface area contributed by atoms with Crippen molar-refractivity contribution in [2.24, 2.45) is 5.14 Å². The smallest absolute Gasteiger partial charge is 0.238 e. The summed E-state index contributed by atoms with van der Waals surface area (Å²) in [7, 11) is -6.13. The van der Waals surface area contributed by atoms with Gasteiger partial charge < -0.3 is 4.90 Å². The predicted octanol–water partition coefficient (Wildman–Crippen LogP) is 1.98. The van der Waals surface area contributed by atoms with Crippen LogP contribution in [0.1, 0.15) is 18.5 Å². The van der Waals surface area contributed by atoms with Crippen molar-refractivity contribution >= 4 is 37.4 Å². The lowest BCUT2D eigenvalue weighted by Crippen LogP contribution is -2.34. The summed E-state index contributed by atoms with van der Waals surface area (Å²) in [5, 5.41) is 5.45. The van der Waals surface area contributed by atoms with Crippen molar-refractivity contribution in [1.82, 2.24) is 4.90 Å². The fourth-order valence-corrected chi connectivity index (χ4v) is 4.25. The molecule has 0 aliphatic heterocycles. The van der Waals surface area contributed by atoms with Gasteiger partial charge in [-0.2, -0.15) is 0 Å². The standard InChI is InChI=1S/C17H19ClN2O5S2/c1-12(13-3-7-16(8-4-13)27(19,24)25)20(2)17(21)11-26(22,23)15-9-5-14(18)6-10-15/h3-10,12H,11H2,1-2H3,(H2,19,24,25). The van der Waals surface area contributed by atoms with E-state index in [4.69, 9.17) is 16.7 Å². The number of nitrogens with zero attached hydrogens (tertiary/aromatic N) is 1. The van der Waals surface area contributed by atoms with E-state index in [2.05, 4.69) is 0 Å². The number of sulfonamides is 1. The van der Waals surface area contributed by atoms with Gasteiger partial charge in [0.1, 0.15) is 5.75 Å². The van der Waals surface area contributed by atoms with Gasteiger partial charge in [-0.1, -0.05) is 23.7 Å². The van der Waals surface area contributed by atoms with E-state index in [1.54, 1.807) is 6.92 Å². The molecule has 1 unspecified atom stereocenters. The molecule has 0 saturated carbocycles. The molecule has 2 N–H and O–H groups in total. The van der Waals surface area contributed by atoms with Gasteiger partial charge in [0.05, 0.1) is 15.8 Å². The Hall–Kier alpha value is -1.94. The Morgan fingerprint density at radius 3 is 1.96 bits per heavy atom. The van der Waals surface area contributed by atoms with E-state index in [1.165, 1.54) is 60.5 Å². The lowest BCUT2D eigenvalue weighted by atomic mass is 10.1. The van der Waals surface area contributed by atoms with Gasteiger partial charge in [0, 0.05) is 12.1 Å². The molecule has 0 saturated heterocycles. The Morgan fingerprint density at radius 1 is 1.00 bits per heavy atom. The maximum absolute atomic E-state index is 12.4. The van der Waals surface area contributed by atoms with Crippen molar-refractivity contribution in [2.75, 3.05) is 12.8 Å². The van der Waals surface area contributed by atoms with Gasteiger partial charge >= 0.3 is 0 Å². The van der Waals surface area contributed by atoms with Crippen LogP contribution in [0.3, 0.4) is 0 Å². The molecular weight excluding hydrogens is 412 g/mol. The topological polar surface area (TPSA) is 115 Å². The van der Waals surface area contributed by atoms with E-state index in [9.17, 15) is 21.6 Å². The molecule has 0 bridgehead atoms. The molecular formula is C17H19ClN2O5S2. The normalized spacial score (nSPS) is 13.2. The Bertz CT molecular complexity index is 1030. The first kappa shape index (κ1) is 21.4. The third-order valence-electron chi connectivity index (χ3n) is 4.15. The molecule has 1 amide bonds. The van der Waals surface area contributed by atoms with Crippen LogP contribution in [0.2, 0.25) is 5.02 Å². The van der Waals surface area contributed by atoms with Gasteiger partial charge in [-0.25, -0.2) is 22.0 Å². The molecule has 2 aromatic rings. The second kappa shape index (κ2) is 7.97. The van der Waals surface area contributed by atoms with Crippen LogP contribution in [-0.4, -0.2) is 40.4 Å². The number of hydrogen-bond donors (Lipinski definition) is 1. The van der Waals surface area contributed by atoms with Crippen LogP contribution in [0, 0.1) is 0 Å². The van der Waals surface area contributed by atoms with E-state index in [0.29, 0.717) is 10.6 Å². The first-order valence-electron chi connectivity index (χ1n) is 7.78. The molecule has 27 heavy (non-hydrogen) atoms. The van der Waals surface area contributed by atoms with Crippen molar-refractivity contribution in [1.29, 1.82) is 0 Å². The number of nitrogens with two attached hydrogens (primary N) is 1. The molecule has 2 rings (SSSR count). The minimum Gasteiger partial charge on any atom is -0.338 e.